The Bertz CT molecular complexity index is 2750. The van der Waals surface area contributed by atoms with Crippen molar-refractivity contribution in [1.82, 2.24) is 0 Å². The zero-order valence-corrected chi connectivity index (χ0v) is 34.0. The summed E-state index contributed by atoms with van der Waals surface area (Å²) in [6, 6.07) is 60.6. The fourth-order valence-corrected chi connectivity index (χ4v) is 7.84. The highest BCUT2D eigenvalue weighted by Crippen LogP contribution is 2.40. The molecule has 0 unspecified atom stereocenters. The molecule has 7 aromatic carbocycles. The van der Waals surface area contributed by atoms with E-state index in [-0.39, 0.29) is 0 Å². The predicted molar refractivity (Wildman–Crippen MR) is 256 cm³/mol. The van der Waals surface area contributed by atoms with E-state index in [2.05, 4.69) is 243 Å². The van der Waals surface area contributed by atoms with Crippen LogP contribution in [-0.2, 0) is 6.42 Å². The quantitative estimate of drug-likeness (QED) is 0.0656. The molecule has 8 rings (SSSR count). The topological polar surface area (TPSA) is 6.48 Å². The summed E-state index contributed by atoms with van der Waals surface area (Å²) in [4.78, 5) is 4.76. The molecule has 7 aromatic rings. The van der Waals surface area contributed by atoms with Gasteiger partial charge in [0.15, 0.2) is 0 Å². The van der Waals surface area contributed by atoms with Crippen molar-refractivity contribution in [3.8, 4) is 0 Å². The summed E-state index contributed by atoms with van der Waals surface area (Å²) in [5.74, 6) is 0. The molecular formula is C57H50N2. The average molecular weight is 763 g/mol. The van der Waals surface area contributed by atoms with Crippen LogP contribution < -0.4 is 9.80 Å². The first-order chi connectivity index (χ1) is 29.1. The Kier molecular flexibility index (Phi) is 12.1. The maximum Gasteiger partial charge on any atom is 0.0543 e. The molecule has 2 nitrogen and oxygen atoms in total. The van der Waals surface area contributed by atoms with Crippen LogP contribution in [0.5, 0.6) is 0 Å². The zero-order chi connectivity index (χ0) is 40.4. The van der Waals surface area contributed by atoms with Crippen molar-refractivity contribution in [3.63, 3.8) is 0 Å². The van der Waals surface area contributed by atoms with Gasteiger partial charge in [-0.3, -0.25) is 0 Å². The lowest BCUT2D eigenvalue weighted by Crippen LogP contribution is -2.22. The number of anilines is 3. The van der Waals surface area contributed by atoms with Gasteiger partial charge in [0.25, 0.3) is 0 Å². The molecule has 59 heavy (non-hydrogen) atoms. The maximum atomic E-state index is 4.32. The number of para-hydroxylation sites is 1. The minimum atomic E-state index is 0.834. The number of nitrogens with zero attached hydrogens (tertiary/aromatic N) is 2. The molecule has 1 aliphatic carbocycles. The smallest absolute Gasteiger partial charge is 0.0543 e. The highest BCUT2D eigenvalue weighted by Gasteiger charge is 2.20. The van der Waals surface area contributed by atoms with Gasteiger partial charge in [-0.15, -0.1) is 0 Å². The summed E-state index contributed by atoms with van der Waals surface area (Å²) in [6.45, 7) is 8.74. The van der Waals surface area contributed by atoms with E-state index < -0.39 is 0 Å². The largest absolute Gasteiger partial charge is 0.314 e. The van der Waals surface area contributed by atoms with Gasteiger partial charge < -0.3 is 9.80 Å². The first-order valence-electron chi connectivity index (χ1n) is 20.6. The van der Waals surface area contributed by atoms with Crippen molar-refractivity contribution in [3.05, 3.63) is 258 Å². The second-order valence-corrected chi connectivity index (χ2v) is 15.0. The van der Waals surface area contributed by atoms with Gasteiger partial charge in [0.05, 0.1) is 11.4 Å². The van der Waals surface area contributed by atoms with Crippen molar-refractivity contribution in [2.75, 3.05) is 9.80 Å². The van der Waals surface area contributed by atoms with Crippen LogP contribution in [0, 0.1) is 0 Å². The van der Waals surface area contributed by atoms with Crippen LogP contribution in [0.2, 0.25) is 0 Å². The van der Waals surface area contributed by atoms with E-state index in [0.29, 0.717) is 0 Å². The van der Waals surface area contributed by atoms with Crippen LogP contribution in [0.4, 0.5) is 17.1 Å². The third-order valence-electron chi connectivity index (χ3n) is 11.1. The van der Waals surface area contributed by atoms with Gasteiger partial charge in [0.2, 0.25) is 0 Å². The number of fused-ring (bicyclic) bond motifs is 3. The van der Waals surface area contributed by atoms with Crippen molar-refractivity contribution >= 4 is 50.4 Å². The number of hydrogen-bond acceptors (Lipinski definition) is 2. The molecule has 288 valence electrons. The van der Waals surface area contributed by atoms with E-state index in [9.17, 15) is 0 Å². The van der Waals surface area contributed by atoms with Crippen LogP contribution in [0.1, 0.15) is 43.4 Å². The van der Waals surface area contributed by atoms with E-state index in [1.54, 1.807) is 0 Å². The summed E-state index contributed by atoms with van der Waals surface area (Å²) in [7, 11) is 0. The number of benzene rings is 7. The lowest BCUT2D eigenvalue weighted by atomic mass is 9.98. The minimum absolute atomic E-state index is 0.834. The van der Waals surface area contributed by atoms with Gasteiger partial charge in [-0.2, -0.15) is 0 Å². The van der Waals surface area contributed by atoms with Crippen LogP contribution in [0.15, 0.2) is 242 Å². The molecule has 0 bridgehead atoms. The molecule has 0 amide bonds. The standard InChI is InChI=1S/C57H50N2/c1-4-49(58(50-26-13-7-14-27-50)57-42-48-25-17-18-30-53(48)54-31-19-20-32-55(54)57)38-34-44(3)43(2)33-35-45-36-39-52(40-37-45)59(51-28-15-8-16-29-51)56(47-23-11-6-12-24-47)41-46-21-9-5-10-22-46/h4-13,15-26,28-34,36-42H,1,14,27,35H2,2-3H3/b43-33+,44-34+,49-38+,56-41+. The molecule has 0 aromatic heterocycles. The monoisotopic (exact) mass is 762 g/mol. The molecule has 0 saturated carbocycles. The number of rotatable bonds is 13. The normalized spacial score (nSPS) is 13.7. The van der Waals surface area contributed by atoms with Crippen molar-refractivity contribution < 1.29 is 0 Å². The van der Waals surface area contributed by atoms with Gasteiger partial charge >= 0.3 is 0 Å². The highest BCUT2D eigenvalue weighted by molar-refractivity contribution is 6.13. The molecule has 0 N–H and O–H groups in total. The third-order valence-corrected chi connectivity index (χ3v) is 11.1. The van der Waals surface area contributed by atoms with Gasteiger partial charge in [0.1, 0.15) is 0 Å². The summed E-state index contributed by atoms with van der Waals surface area (Å²) >= 11 is 0. The molecule has 0 heterocycles. The lowest BCUT2D eigenvalue weighted by Gasteiger charge is -2.31. The zero-order valence-electron chi connectivity index (χ0n) is 34.0. The van der Waals surface area contributed by atoms with Crippen LogP contribution in [0.3, 0.4) is 0 Å². The summed E-state index contributed by atoms with van der Waals surface area (Å²) in [5, 5.41) is 4.98. The molecule has 0 atom stereocenters. The highest BCUT2D eigenvalue weighted by atomic mass is 15.2. The Hall–Kier alpha value is -7.16. The lowest BCUT2D eigenvalue weighted by molar-refractivity contribution is 0.904. The minimum Gasteiger partial charge on any atom is -0.314 e. The van der Waals surface area contributed by atoms with Crippen molar-refractivity contribution in [1.29, 1.82) is 0 Å². The first-order valence-corrected chi connectivity index (χ1v) is 20.6. The van der Waals surface area contributed by atoms with Gasteiger partial charge in [-0.05, 0) is 126 Å². The van der Waals surface area contributed by atoms with Crippen molar-refractivity contribution in [2.45, 2.75) is 33.1 Å². The average Bonchev–Trinajstić information content (AvgIpc) is 3.30. The van der Waals surface area contributed by atoms with E-state index >= 15 is 0 Å². The Balaban J connectivity index is 1.08. The molecule has 0 aliphatic heterocycles. The SMILES string of the molecule is C=C\C(=C/C=C(C)/C(C)=C/Cc1ccc(N(/C(=C/c2ccccc2)c2ccccc2)c2ccccc2)cc1)N(C1=CC=CCC1)c1cc2ccccc2c2ccccc12. The molecule has 0 spiro atoms. The fourth-order valence-electron chi connectivity index (χ4n) is 7.84. The molecule has 0 saturated heterocycles. The summed E-state index contributed by atoms with van der Waals surface area (Å²) in [6.07, 6.45) is 20.5. The molecular weight excluding hydrogens is 713 g/mol. The third kappa shape index (κ3) is 8.88. The molecule has 2 heteroatoms. The van der Waals surface area contributed by atoms with Crippen molar-refractivity contribution in [2.24, 2.45) is 0 Å². The predicted octanol–water partition coefficient (Wildman–Crippen LogP) is 15.6. The van der Waals surface area contributed by atoms with Gasteiger partial charge in [0, 0.05) is 28.2 Å². The van der Waals surface area contributed by atoms with Crippen LogP contribution in [0.25, 0.3) is 33.3 Å². The van der Waals surface area contributed by atoms with Gasteiger partial charge in [-0.25, -0.2) is 0 Å². The van der Waals surface area contributed by atoms with E-state index in [0.717, 1.165) is 53.2 Å². The first kappa shape index (κ1) is 38.7. The van der Waals surface area contributed by atoms with Crippen LogP contribution >= 0.6 is 0 Å². The molecule has 0 fully saturated rings. The van der Waals surface area contributed by atoms with E-state index in [1.807, 2.05) is 6.08 Å². The van der Waals surface area contributed by atoms with E-state index in [1.165, 1.54) is 49.6 Å². The number of allylic oxidation sites excluding steroid dienone is 10. The second kappa shape index (κ2) is 18.4. The Morgan fingerprint density at radius 3 is 1.93 bits per heavy atom. The summed E-state index contributed by atoms with van der Waals surface area (Å²) < 4.78 is 0. The Morgan fingerprint density at radius 1 is 0.610 bits per heavy atom. The number of hydrogen-bond donors (Lipinski definition) is 0. The summed E-state index contributed by atoms with van der Waals surface area (Å²) in [5.41, 5.74) is 12.9. The van der Waals surface area contributed by atoms with Crippen LogP contribution in [-0.4, -0.2) is 0 Å². The Morgan fingerprint density at radius 2 is 1.24 bits per heavy atom. The maximum absolute atomic E-state index is 4.32. The van der Waals surface area contributed by atoms with Gasteiger partial charge in [-0.1, -0.05) is 176 Å². The fraction of sp³-hybridized carbons (Fsp3) is 0.0877. The molecule has 1 aliphatic rings. The second-order valence-electron chi connectivity index (χ2n) is 15.0. The Labute approximate surface area is 350 Å². The van der Waals surface area contributed by atoms with E-state index in [4.69, 9.17) is 0 Å². The molecule has 0 radical (unpaired) electrons.